The summed E-state index contributed by atoms with van der Waals surface area (Å²) in [4.78, 5) is 56.6. The zero-order valence-corrected chi connectivity index (χ0v) is 25.9. The maximum Gasteiger partial charge on any atom is 0.193 e. The predicted molar refractivity (Wildman–Crippen MR) is 173 cm³/mol. The summed E-state index contributed by atoms with van der Waals surface area (Å²) < 4.78 is 12.2. The van der Waals surface area contributed by atoms with Crippen LogP contribution in [0.25, 0.3) is 32.7 Å². The van der Waals surface area contributed by atoms with Crippen molar-refractivity contribution >= 4 is 44.7 Å². The van der Waals surface area contributed by atoms with Crippen molar-refractivity contribution in [3.8, 4) is 22.6 Å². The molecule has 4 aromatic carbocycles. The van der Waals surface area contributed by atoms with E-state index in [-0.39, 0.29) is 45.8 Å². The summed E-state index contributed by atoms with van der Waals surface area (Å²) in [5, 5.41) is 2.59. The predicted octanol–water partition coefficient (Wildman–Crippen LogP) is 8.67. The first-order valence-corrected chi connectivity index (χ1v) is 15.2. The van der Waals surface area contributed by atoms with Crippen molar-refractivity contribution in [3.63, 3.8) is 0 Å². The van der Waals surface area contributed by atoms with Gasteiger partial charge >= 0.3 is 0 Å². The molecule has 2 aliphatic rings. The zero-order valence-electron chi connectivity index (χ0n) is 25.9. The average Bonchev–Trinajstić information content (AvgIpc) is 3.05. The van der Waals surface area contributed by atoms with Crippen LogP contribution in [0.4, 0.5) is 0 Å². The molecule has 0 N–H and O–H groups in total. The Labute approximate surface area is 256 Å². The van der Waals surface area contributed by atoms with Crippen molar-refractivity contribution in [3.05, 3.63) is 93.1 Å². The van der Waals surface area contributed by atoms with E-state index in [4.69, 9.17) is 9.47 Å². The Kier molecular flexibility index (Phi) is 7.32. The topological polar surface area (TPSA) is 86.7 Å². The van der Waals surface area contributed by atoms with E-state index in [1.165, 1.54) is 14.2 Å². The highest BCUT2D eigenvalue weighted by atomic mass is 16.5. The lowest BCUT2D eigenvalue weighted by atomic mass is 9.74. The third-order valence-corrected chi connectivity index (χ3v) is 9.15. The third kappa shape index (κ3) is 3.79. The Balaban J connectivity index is 1.86. The van der Waals surface area contributed by atoms with Gasteiger partial charge in [-0.05, 0) is 47.2 Å². The molecule has 6 nitrogen and oxygen atoms in total. The van der Waals surface area contributed by atoms with Gasteiger partial charge in [0.1, 0.15) is 11.5 Å². The Morgan fingerprint density at radius 2 is 0.659 bits per heavy atom. The summed E-state index contributed by atoms with van der Waals surface area (Å²) in [5.41, 5.74) is 4.19. The van der Waals surface area contributed by atoms with Gasteiger partial charge in [-0.3, -0.25) is 19.2 Å². The molecule has 2 aliphatic carbocycles. The zero-order chi connectivity index (χ0) is 31.4. The van der Waals surface area contributed by atoms with Crippen molar-refractivity contribution in [2.75, 3.05) is 14.2 Å². The van der Waals surface area contributed by atoms with Gasteiger partial charge in [-0.1, -0.05) is 76.2 Å². The second kappa shape index (κ2) is 11.0. The minimum absolute atomic E-state index is 0.173. The summed E-state index contributed by atoms with van der Waals surface area (Å²) in [6, 6.07) is 14.9. The largest absolute Gasteiger partial charge is 0.495 e. The van der Waals surface area contributed by atoms with Gasteiger partial charge in [-0.25, -0.2) is 0 Å². The number of allylic oxidation sites excluding steroid dienone is 4. The second-order valence-electron chi connectivity index (χ2n) is 11.1. The smallest absolute Gasteiger partial charge is 0.193 e. The van der Waals surface area contributed by atoms with E-state index in [2.05, 4.69) is 0 Å². The monoisotopic (exact) mass is 586 g/mol. The molecule has 6 rings (SSSR count). The lowest BCUT2D eigenvalue weighted by Crippen LogP contribution is -2.24. The normalized spacial score (nSPS) is 15.0. The second-order valence-corrected chi connectivity index (χ2v) is 11.1. The fraction of sp³-hybridized carbons (Fsp3) is 0.263. The molecule has 0 amide bonds. The molecule has 0 heterocycles. The first-order chi connectivity index (χ1) is 21.3. The molecule has 0 saturated heterocycles. The highest BCUT2D eigenvalue weighted by Gasteiger charge is 2.40. The number of ether oxygens (including phenoxy) is 2. The van der Waals surface area contributed by atoms with E-state index in [9.17, 15) is 19.2 Å². The molecule has 0 spiro atoms. The van der Waals surface area contributed by atoms with Crippen LogP contribution in [0.5, 0.6) is 11.5 Å². The molecule has 0 saturated carbocycles. The van der Waals surface area contributed by atoms with Crippen molar-refractivity contribution in [1.29, 1.82) is 0 Å². The number of carbonyl (C=O) groups is 4. The SMILES string of the molecule is CCC1=C(CC)C(=O)c2c(c(OC)c(-c3c(OC)c4c(c5ccccc35)C(=O)C(CC)=C(CC)C4=O)c3ccccc23)C1=O. The summed E-state index contributed by atoms with van der Waals surface area (Å²) in [7, 11) is 2.98. The highest BCUT2D eigenvalue weighted by Crippen LogP contribution is 2.53. The first kappa shape index (κ1) is 29.2. The number of rotatable bonds is 7. The van der Waals surface area contributed by atoms with Crippen LogP contribution in [0.3, 0.4) is 0 Å². The van der Waals surface area contributed by atoms with E-state index in [1.54, 1.807) is 0 Å². The van der Waals surface area contributed by atoms with Crippen LogP contribution in [0.1, 0.15) is 94.8 Å². The molecule has 0 unspecified atom stereocenters. The standard InChI is InChI=1S/C38H34O6/c1-7-19-21(9-3)35(41)31-27(33(19)39)23-15-11-13-17-25(23)29(37(31)43-5)30-26-18-14-12-16-24(26)28-32(38(30)44-6)36(42)22(10-4)20(8-2)34(28)40/h11-18H,7-10H2,1-6H3. The van der Waals surface area contributed by atoms with Crippen molar-refractivity contribution < 1.29 is 28.7 Å². The van der Waals surface area contributed by atoms with Crippen LogP contribution in [0.2, 0.25) is 0 Å². The van der Waals surface area contributed by atoms with Gasteiger partial charge in [0.2, 0.25) is 0 Å². The molecule has 0 aliphatic heterocycles. The van der Waals surface area contributed by atoms with Gasteiger partial charge in [0.05, 0.1) is 25.3 Å². The summed E-state index contributed by atoms with van der Waals surface area (Å²) in [6.07, 6.45) is 1.70. The Hall–Kier alpha value is -4.84. The molecular weight excluding hydrogens is 552 g/mol. The lowest BCUT2D eigenvalue weighted by Gasteiger charge is -2.29. The van der Waals surface area contributed by atoms with Gasteiger partial charge in [0, 0.05) is 44.5 Å². The van der Waals surface area contributed by atoms with Crippen molar-refractivity contribution in [1.82, 2.24) is 0 Å². The van der Waals surface area contributed by atoms with Crippen LogP contribution in [-0.2, 0) is 0 Å². The van der Waals surface area contributed by atoms with E-state index in [1.807, 2.05) is 76.2 Å². The summed E-state index contributed by atoms with van der Waals surface area (Å²) >= 11 is 0. The Bertz CT molecular complexity index is 1890. The molecule has 0 atom stereocenters. The third-order valence-electron chi connectivity index (χ3n) is 9.15. The van der Waals surface area contributed by atoms with Gasteiger partial charge in [-0.15, -0.1) is 0 Å². The highest BCUT2D eigenvalue weighted by molar-refractivity contribution is 6.36. The van der Waals surface area contributed by atoms with Gasteiger partial charge in [-0.2, -0.15) is 0 Å². The van der Waals surface area contributed by atoms with Crippen molar-refractivity contribution in [2.24, 2.45) is 0 Å². The number of carbonyl (C=O) groups excluding carboxylic acids is 4. The van der Waals surface area contributed by atoms with Crippen molar-refractivity contribution in [2.45, 2.75) is 53.4 Å². The lowest BCUT2D eigenvalue weighted by molar-refractivity contribution is 0.0968. The van der Waals surface area contributed by atoms with Crippen LogP contribution in [-0.4, -0.2) is 37.4 Å². The quantitative estimate of drug-likeness (QED) is 0.215. The molecule has 222 valence electrons. The Morgan fingerprint density at radius 3 is 0.909 bits per heavy atom. The molecule has 0 bridgehead atoms. The number of Topliss-reactive ketones (excluding diaryl/α,β-unsaturated/α-hetero) is 4. The number of ketones is 4. The molecular formula is C38H34O6. The van der Waals surface area contributed by atoms with Gasteiger partial charge in [0.25, 0.3) is 0 Å². The van der Waals surface area contributed by atoms with Crippen LogP contribution in [0, 0.1) is 0 Å². The number of hydrogen-bond acceptors (Lipinski definition) is 6. The number of hydrogen-bond donors (Lipinski definition) is 0. The first-order valence-electron chi connectivity index (χ1n) is 15.2. The summed E-state index contributed by atoms with van der Waals surface area (Å²) in [5.74, 6) is -0.327. The van der Waals surface area contributed by atoms with Gasteiger partial charge < -0.3 is 9.47 Å². The number of fused-ring (bicyclic) bond motifs is 6. The molecule has 0 fully saturated rings. The fourth-order valence-corrected chi connectivity index (χ4v) is 7.29. The van der Waals surface area contributed by atoms with Crippen LogP contribution < -0.4 is 9.47 Å². The minimum Gasteiger partial charge on any atom is -0.495 e. The number of benzene rings is 4. The maximum atomic E-state index is 14.2. The van der Waals surface area contributed by atoms with Crippen LogP contribution in [0.15, 0.2) is 70.8 Å². The molecule has 6 heteroatoms. The van der Waals surface area contributed by atoms with Gasteiger partial charge in [0.15, 0.2) is 23.1 Å². The summed E-state index contributed by atoms with van der Waals surface area (Å²) in [6.45, 7) is 7.53. The van der Waals surface area contributed by atoms with E-state index in [0.29, 0.717) is 91.8 Å². The minimum atomic E-state index is -0.237. The molecule has 0 radical (unpaired) electrons. The molecule has 0 aromatic heterocycles. The van der Waals surface area contributed by atoms with E-state index < -0.39 is 0 Å². The maximum absolute atomic E-state index is 14.2. The molecule has 4 aromatic rings. The van der Waals surface area contributed by atoms with E-state index >= 15 is 0 Å². The fourth-order valence-electron chi connectivity index (χ4n) is 7.29. The number of methoxy groups -OCH3 is 2. The molecule has 44 heavy (non-hydrogen) atoms. The average molecular weight is 587 g/mol. The Morgan fingerprint density at radius 1 is 0.409 bits per heavy atom. The van der Waals surface area contributed by atoms with E-state index in [0.717, 1.165) is 0 Å². The van der Waals surface area contributed by atoms with Crippen LogP contribution >= 0.6 is 0 Å².